The Labute approximate surface area is 102 Å². The van der Waals surface area contributed by atoms with Crippen molar-refractivity contribution in [1.29, 1.82) is 0 Å². The van der Waals surface area contributed by atoms with Gasteiger partial charge in [-0.25, -0.2) is 0 Å². The Morgan fingerprint density at radius 1 is 1.35 bits per heavy atom. The molecule has 0 saturated carbocycles. The van der Waals surface area contributed by atoms with Crippen LogP contribution in [0.15, 0.2) is 23.7 Å². The van der Waals surface area contributed by atoms with Crippen molar-refractivity contribution in [3.05, 3.63) is 45.2 Å². The molecule has 0 spiro atoms. The Kier molecular flexibility index (Phi) is 2.48. The summed E-state index contributed by atoms with van der Waals surface area (Å²) < 4.78 is 1.81. The predicted molar refractivity (Wildman–Crippen MR) is 66.5 cm³/mol. The Hall–Kier alpha value is -1.62. The van der Waals surface area contributed by atoms with Crippen LogP contribution < -0.4 is 4.43 Å². The SMILES string of the molecule is O=[n+]1cc(-c2cccs2)n([O-])c2c1CCCC2. The van der Waals surface area contributed by atoms with Gasteiger partial charge in [0.2, 0.25) is 0 Å². The van der Waals surface area contributed by atoms with Gasteiger partial charge in [0.25, 0.3) is 11.9 Å². The quantitative estimate of drug-likeness (QED) is 0.727. The molecule has 4 nitrogen and oxygen atoms in total. The largest absolute Gasteiger partial charge is 0.805 e. The van der Waals surface area contributed by atoms with Crippen LogP contribution in [0.25, 0.3) is 10.6 Å². The minimum Gasteiger partial charge on any atom is -0.805 e. The molecule has 0 aliphatic heterocycles. The van der Waals surface area contributed by atoms with Crippen molar-refractivity contribution in [3.8, 4) is 10.6 Å². The van der Waals surface area contributed by atoms with Crippen LogP contribution in [0.2, 0.25) is 0 Å². The normalized spacial score (nSPS) is 14.6. The molecule has 0 fully saturated rings. The zero-order valence-corrected chi connectivity index (χ0v) is 10.1. The molecule has 88 valence electrons. The second-order valence-electron chi connectivity index (χ2n) is 4.21. The van der Waals surface area contributed by atoms with E-state index in [9.17, 15) is 10.1 Å². The lowest BCUT2D eigenvalue weighted by Gasteiger charge is -2.22. The van der Waals surface area contributed by atoms with Crippen molar-refractivity contribution in [2.24, 2.45) is 0 Å². The molecule has 0 radical (unpaired) electrons. The van der Waals surface area contributed by atoms with Crippen molar-refractivity contribution in [3.63, 3.8) is 0 Å². The van der Waals surface area contributed by atoms with E-state index in [-0.39, 0.29) is 0 Å². The molecule has 2 aromatic heterocycles. The molecule has 1 aliphatic rings. The number of fused-ring (bicyclic) bond motifs is 1. The van der Waals surface area contributed by atoms with Crippen molar-refractivity contribution in [2.75, 3.05) is 0 Å². The second kappa shape index (κ2) is 4.00. The molecule has 0 atom stereocenters. The summed E-state index contributed by atoms with van der Waals surface area (Å²) in [6, 6.07) is 3.75. The van der Waals surface area contributed by atoms with Crippen LogP contribution in [0.4, 0.5) is 0 Å². The molecule has 1 aliphatic carbocycles. The smallest absolute Gasteiger partial charge is 0.258 e. The summed E-state index contributed by atoms with van der Waals surface area (Å²) >= 11 is 1.48. The van der Waals surface area contributed by atoms with Gasteiger partial charge in [0.05, 0.1) is 15.0 Å². The molecule has 0 aromatic carbocycles. The summed E-state index contributed by atoms with van der Waals surface area (Å²) in [4.78, 5) is 12.7. The van der Waals surface area contributed by atoms with E-state index in [0.29, 0.717) is 29.9 Å². The summed E-state index contributed by atoms with van der Waals surface area (Å²) in [7, 11) is 0. The molecular formula is C12H12N2O2S. The first-order valence-electron chi connectivity index (χ1n) is 5.69. The molecular weight excluding hydrogens is 236 g/mol. The lowest BCUT2D eigenvalue weighted by molar-refractivity contribution is -0.506. The number of nitrogens with zero attached hydrogens (tertiary/aromatic N) is 2. The maximum atomic E-state index is 12.2. The van der Waals surface area contributed by atoms with Gasteiger partial charge in [-0.2, -0.15) is 0 Å². The molecule has 0 unspecified atom stereocenters. The molecule has 0 saturated heterocycles. The minimum atomic E-state index is 0.468. The summed E-state index contributed by atoms with van der Waals surface area (Å²) in [5, 5.41) is 14.1. The third-order valence-electron chi connectivity index (χ3n) is 3.15. The van der Waals surface area contributed by atoms with Gasteiger partial charge < -0.3 is 9.94 Å². The van der Waals surface area contributed by atoms with E-state index in [4.69, 9.17) is 0 Å². The maximum Gasteiger partial charge on any atom is 0.258 e. The number of rotatable bonds is 1. The monoisotopic (exact) mass is 248 g/mol. The van der Waals surface area contributed by atoms with Gasteiger partial charge in [-0.05, 0) is 30.7 Å². The number of hydrogen-bond acceptors (Lipinski definition) is 3. The van der Waals surface area contributed by atoms with E-state index in [1.54, 1.807) is 0 Å². The molecule has 2 heterocycles. The Morgan fingerprint density at radius 3 is 2.94 bits per heavy atom. The maximum absolute atomic E-state index is 12.2. The van der Waals surface area contributed by atoms with Crippen molar-refractivity contribution in [1.82, 2.24) is 4.73 Å². The van der Waals surface area contributed by atoms with Gasteiger partial charge >= 0.3 is 0 Å². The second-order valence-corrected chi connectivity index (χ2v) is 5.16. The first kappa shape index (κ1) is 10.5. The minimum absolute atomic E-state index is 0.468. The molecule has 5 heteroatoms. The topological polar surface area (TPSA) is 51.0 Å². The van der Waals surface area contributed by atoms with Crippen molar-refractivity contribution >= 4 is 11.3 Å². The average molecular weight is 248 g/mol. The number of aromatic nitrogens is 2. The first-order chi connectivity index (χ1) is 8.27. The number of thiophene rings is 1. The fourth-order valence-electron chi connectivity index (χ4n) is 2.30. The Bertz CT molecular complexity index is 602. The van der Waals surface area contributed by atoms with E-state index in [2.05, 4.69) is 0 Å². The van der Waals surface area contributed by atoms with E-state index < -0.39 is 0 Å². The highest BCUT2D eigenvalue weighted by Gasteiger charge is 2.23. The van der Waals surface area contributed by atoms with Crippen LogP contribution >= 0.6 is 11.3 Å². The molecule has 0 N–H and O–H groups in total. The van der Waals surface area contributed by atoms with Crippen LogP contribution in [0, 0.1) is 10.1 Å². The highest BCUT2D eigenvalue weighted by molar-refractivity contribution is 7.13. The van der Waals surface area contributed by atoms with Gasteiger partial charge in [0.1, 0.15) is 5.69 Å². The summed E-state index contributed by atoms with van der Waals surface area (Å²) in [6.45, 7) is 0. The van der Waals surface area contributed by atoms with Crippen LogP contribution in [0.5, 0.6) is 0 Å². The van der Waals surface area contributed by atoms with Gasteiger partial charge in [0, 0.05) is 11.3 Å². The van der Waals surface area contributed by atoms with Crippen molar-refractivity contribution in [2.45, 2.75) is 25.7 Å². The highest BCUT2D eigenvalue weighted by Crippen LogP contribution is 2.26. The van der Waals surface area contributed by atoms with Gasteiger partial charge in [0.15, 0.2) is 0 Å². The van der Waals surface area contributed by atoms with Crippen molar-refractivity contribution < 1.29 is 4.43 Å². The van der Waals surface area contributed by atoms with Crippen LogP contribution in [0.3, 0.4) is 0 Å². The standard InChI is InChI=1S/C12H12N2O2S/c15-13-8-11(12-6-3-7-17-12)14(16)10-5-2-1-4-9(10)13/h3,6-8H,1-2,4-5H2. The zero-order chi connectivity index (χ0) is 11.8. The third-order valence-corrected chi connectivity index (χ3v) is 4.05. The molecule has 0 amide bonds. The Balaban J connectivity index is 2.25. The number of hydrogen-bond donors (Lipinski definition) is 0. The zero-order valence-electron chi connectivity index (χ0n) is 9.26. The molecule has 17 heavy (non-hydrogen) atoms. The van der Waals surface area contributed by atoms with E-state index in [0.717, 1.165) is 26.9 Å². The van der Waals surface area contributed by atoms with Gasteiger partial charge in [-0.3, -0.25) is 0 Å². The summed E-state index contributed by atoms with van der Waals surface area (Å²) in [5.74, 6) is 0. The third kappa shape index (κ3) is 1.67. The lowest BCUT2D eigenvalue weighted by atomic mass is 10.0. The fourth-order valence-corrected chi connectivity index (χ4v) is 3.02. The molecule has 0 bridgehead atoms. The highest BCUT2D eigenvalue weighted by atomic mass is 32.1. The van der Waals surface area contributed by atoms with Gasteiger partial charge in [-0.1, -0.05) is 6.07 Å². The van der Waals surface area contributed by atoms with Gasteiger partial charge in [-0.15, -0.1) is 11.3 Å². The van der Waals surface area contributed by atoms with E-state index in [1.165, 1.54) is 17.5 Å². The molecule has 2 aromatic rings. The predicted octanol–water partition coefficient (Wildman–Crippen LogP) is 2.36. The Morgan fingerprint density at radius 2 is 2.18 bits per heavy atom. The van der Waals surface area contributed by atoms with Crippen LogP contribution in [-0.4, -0.2) is 4.73 Å². The summed E-state index contributed by atoms with van der Waals surface area (Å²) in [6.07, 6.45) is 4.81. The summed E-state index contributed by atoms with van der Waals surface area (Å²) in [5.41, 5.74) is 1.76. The van der Waals surface area contributed by atoms with Crippen LogP contribution in [0.1, 0.15) is 24.2 Å². The molecule has 3 rings (SSSR count). The lowest BCUT2D eigenvalue weighted by Crippen LogP contribution is -2.29. The van der Waals surface area contributed by atoms with E-state index in [1.807, 2.05) is 17.5 Å². The van der Waals surface area contributed by atoms with E-state index >= 15 is 0 Å². The first-order valence-corrected chi connectivity index (χ1v) is 6.56. The fraction of sp³-hybridized carbons (Fsp3) is 0.333. The average Bonchev–Trinajstić information content (AvgIpc) is 2.87. The van der Waals surface area contributed by atoms with Crippen LogP contribution in [-0.2, 0) is 12.8 Å².